The highest BCUT2D eigenvalue weighted by Gasteiger charge is 2.38. The first kappa shape index (κ1) is 20.5. The molecule has 1 atom stereocenters. The smallest absolute Gasteiger partial charge is 0.410 e. The molecule has 0 aliphatic carbocycles. The third-order valence-corrected chi connectivity index (χ3v) is 5.47. The van der Waals surface area contributed by atoms with Crippen LogP contribution in [-0.2, 0) is 16.1 Å². The molecule has 0 saturated carbocycles. The molecule has 0 radical (unpaired) electrons. The maximum Gasteiger partial charge on any atom is 0.410 e. The van der Waals surface area contributed by atoms with E-state index >= 15 is 0 Å². The van der Waals surface area contributed by atoms with Gasteiger partial charge in [-0.05, 0) is 57.9 Å². The normalized spacial score (nSPS) is 20.9. The monoisotopic (exact) mass is 388 g/mol. The number of hydrogen-bond acceptors (Lipinski definition) is 4. The van der Waals surface area contributed by atoms with Crippen LogP contribution in [0.15, 0.2) is 30.3 Å². The molecule has 0 spiro atoms. The number of nitrogens with zero attached hydrogens (tertiary/aromatic N) is 2. The molecule has 28 heavy (non-hydrogen) atoms. The van der Waals surface area contributed by atoms with Gasteiger partial charge in [-0.15, -0.1) is 0 Å². The van der Waals surface area contributed by atoms with E-state index in [0.29, 0.717) is 25.6 Å². The van der Waals surface area contributed by atoms with Crippen molar-refractivity contribution in [3.8, 4) is 0 Å². The summed E-state index contributed by atoms with van der Waals surface area (Å²) >= 11 is 0. The molecular formula is C22H32N2O4. The molecule has 2 heterocycles. The van der Waals surface area contributed by atoms with Crippen LogP contribution < -0.4 is 0 Å². The van der Waals surface area contributed by atoms with Gasteiger partial charge in [0.1, 0.15) is 12.2 Å². The van der Waals surface area contributed by atoms with Gasteiger partial charge in [-0.3, -0.25) is 0 Å². The van der Waals surface area contributed by atoms with Gasteiger partial charge in [0.05, 0.1) is 0 Å². The van der Waals surface area contributed by atoms with Crippen LogP contribution in [0.3, 0.4) is 0 Å². The van der Waals surface area contributed by atoms with Gasteiger partial charge >= 0.3 is 12.2 Å². The second kappa shape index (κ2) is 8.84. The predicted octanol–water partition coefficient (Wildman–Crippen LogP) is 4.43. The highest BCUT2D eigenvalue weighted by molar-refractivity contribution is 5.69. The zero-order valence-corrected chi connectivity index (χ0v) is 17.2. The Bertz CT molecular complexity index is 663. The molecule has 2 aliphatic rings. The number of piperidine rings is 1. The van der Waals surface area contributed by atoms with E-state index in [-0.39, 0.29) is 18.2 Å². The van der Waals surface area contributed by atoms with Crippen LogP contribution in [0.25, 0.3) is 0 Å². The summed E-state index contributed by atoms with van der Waals surface area (Å²) in [7, 11) is 0. The van der Waals surface area contributed by atoms with E-state index in [2.05, 4.69) is 0 Å². The van der Waals surface area contributed by atoms with Crippen molar-refractivity contribution in [2.45, 2.75) is 64.7 Å². The number of hydrogen-bond donors (Lipinski definition) is 0. The van der Waals surface area contributed by atoms with Crippen LogP contribution in [0.2, 0.25) is 0 Å². The van der Waals surface area contributed by atoms with Crippen LogP contribution in [0, 0.1) is 5.92 Å². The SMILES string of the molecule is CC(C)(C)OC(=O)N1CCCC1C1CCN(C(=O)OCc2ccccc2)CC1. The van der Waals surface area contributed by atoms with Gasteiger partial charge in [0.2, 0.25) is 0 Å². The van der Waals surface area contributed by atoms with E-state index in [4.69, 9.17) is 9.47 Å². The lowest BCUT2D eigenvalue weighted by atomic mass is 9.88. The number of carbonyl (C=O) groups excluding carboxylic acids is 2. The first-order valence-electron chi connectivity index (χ1n) is 10.3. The van der Waals surface area contributed by atoms with Crippen molar-refractivity contribution in [3.63, 3.8) is 0 Å². The molecule has 3 rings (SSSR count). The lowest BCUT2D eigenvalue weighted by Crippen LogP contribution is -2.47. The number of likely N-dealkylation sites (tertiary alicyclic amines) is 2. The predicted molar refractivity (Wildman–Crippen MR) is 107 cm³/mol. The molecule has 1 aromatic rings. The van der Waals surface area contributed by atoms with Crippen molar-refractivity contribution in [1.29, 1.82) is 0 Å². The van der Waals surface area contributed by atoms with Gasteiger partial charge in [0.15, 0.2) is 0 Å². The molecule has 2 aliphatic heterocycles. The molecular weight excluding hydrogens is 356 g/mol. The van der Waals surface area contributed by atoms with Crippen LogP contribution >= 0.6 is 0 Å². The summed E-state index contributed by atoms with van der Waals surface area (Å²) in [4.78, 5) is 28.6. The number of ether oxygens (including phenoxy) is 2. The molecule has 6 nitrogen and oxygen atoms in total. The Morgan fingerprint density at radius 1 is 1.00 bits per heavy atom. The van der Waals surface area contributed by atoms with Crippen molar-refractivity contribution in [2.75, 3.05) is 19.6 Å². The minimum atomic E-state index is -0.476. The van der Waals surface area contributed by atoms with E-state index < -0.39 is 5.60 Å². The second-order valence-electron chi connectivity index (χ2n) is 8.75. The summed E-state index contributed by atoms with van der Waals surface area (Å²) < 4.78 is 11.0. The van der Waals surface area contributed by atoms with Crippen molar-refractivity contribution < 1.29 is 19.1 Å². The molecule has 2 saturated heterocycles. The topological polar surface area (TPSA) is 59.1 Å². The number of amides is 2. The third kappa shape index (κ3) is 5.40. The van der Waals surface area contributed by atoms with Crippen LogP contribution in [0.4, 0.5) is 9.59 Å². The first-order chi connectivity index (χ1) is 13.3. The summed E-state index contributed by atoms with van der Waals surface area (Å²) in [6.45, 7) is 8.11. The second-order valence-corrected chi connectivity index (χ2v) is 8.75. The zero-order valence-electron chi connectivity index (χ0n) is 17.2. The maximum absolute atomic E-state index is 12.5. The molecule has 154 valence electrons. The highest BCUT2D eigenvalue weighted by Crippen LogP contribution is 2.32. The molecule has 0 N–H and O–H groups in total. The van der Waals surface area contributed by atoms with Crippen LogP contribution in [0.1, 0.15) is 52.0 Å². The van der Waals surface area contributed by atoms with Crippen LogP contribution in [-0.4, -0.2) is 53.3 Å². The Morgan fingerprint density at radius 3 is 2.32 bits per heavy atom. The summed E-state index contributed by atoms with van der Waals surface area (Å²) in [6.07, 6.45) is 3.36. The fraction of sp³-hybridized carbons (Fsp3) is 0.636. The minimum absolute atomic E-state index is 0.209. The lowest BCUT2D eigenvalue weighted by molar-refractivity contribution is 0.0126. The maximum atomic E-state index is 12.5. The molecule has 2 fully saturated rings. The van der Waals surface area contributed by atoms with E-state index in [9.17, 15) is 9.59 Å². The molecule has 1 unspecified atom stereocenters. The van der Waals surface area contributed by atoms with Crippen molar-refractivity contribution in [3.05, 3.63) is 35.9 Å². The Balaban J connectivity index is 1.47. The van der Waals surface area contributed by atoms with E-state index in [0.717, 1.165) is 37.8 Å². The quantitative estimate of drug-likeness (QED) is 0.768. The van der Waals surface area contributed by atoms with Crippen molar-refractivity contribution >= 4 is 12.2 Å². The summed E-state index contributed by atoms with van der Waals surface area (Å²) in [6, 6.07) is 9.94. The zero-order chi connectivity index (χ0) is 20.1. The van der Waals surface area contributed by atoms with E-state index in [1.807, 2.05) is 56.0 Å². The Labute approximate surface area is 167 Å². The van der Waals surface area contributed by atoms with Gasteiger partial charge < -0.3 is 19.3 Å². The number of benzene rings is 1. The fourth-order valence-corrected chi connectivity index (χ4v) is 4.11. The molecule has 6 heteroatoms. The van der Waals surface area contributed by atoms with E-state index in [1.54, 1.807) is 4.90 Å². The molecule has 0 aromatic heterocycles. The largest absolute Gasteiger partial charge is 0.445 e. The third-order valence-electron chi connectivity index (χ3n) is 5.47. The van der Waals surface area contributed by atoms with Crippen molar-refractivity contribution in [2.24, 2.45) is 5.92 Å². The molecule has 1 aromatic carbocycles. The molecule has 2 amide bonds. The van der Waals surface area contributed by atoms with Gasteiger partial charge in [-0.25, -0.2) is 9.59 Å². The summed E-state index contributed by atoms with van der Waals surface area (Å²) in [5.41, 5.74) is 0.514. The average Bonchev–Trinajstić information content (AvgIpc) is 3.16. The lowest BCUT2D eigenvalue weighted by Gasteiger charge is -2.38. The van der Waals surface area contributed by atoms with Gasteiger partial charge in [-0.2, -0.15) is 0 Å². The van der Waals surface area contributed by atoms with Crippen LogP contribution in [0.5, 0.6) is 0 Å². The Kier molecular flexibility index (Phi) is 6.47. The Morgan fingerprint density at radius 2 is 1.68 bits per heavy atom. The average molecular weight is 389 g/mol. The van der Waals surface area contributed by atoms with Gasteiger partial charge in [0, 0.05) is 25.7 Å². The summed E-state index contributed by atoms with van der Waals surface area (Å²) in [5, 5.41) is 0. The summed E-state index contributed by atoms with van der Waals surface area (Å²) in [5.74, 6) is 0.410. The minimum Gasteiger partial charge on any atom is -0.445 e. The number of rotatable bonds is 3. The standard InChI is InChI=1S/C22H32N2O4/c1-22(2,3)28-21(26)24-13-7-10-19(24)18-11-14-23(15-12-18)20(25)27-16-17-8-5-4-6-9-17/h4-6,8-9,18-19H,7,10-16H2,1-3H3. The fourth-order valence-electron chi connectivity index (χ4n) is 4.11. The van der Waals surface area contributed by atoms with Gasteiger partial charge in [-0.1, -0.05) is 30.3 Å². The van der Waals surface area contributed by atoms with E-state index in [1.165, 1.54) is 0 Å². The van der Waals surface area contributed by atoms with Crippen molar-refractivity contribution in [1.82, 2.24) is 9.80 Å². The Hall–Kier alpha value is -2.24. The highest BCUT2D eigenvalue weighted by atomic mass is 16.6. The first-order valence-corrected chi connectivity index (χ1v) is 10.3. The number of carbonyl (C=O) groups is 2. The molecule has 0 bridgehead atoms. The van der Waals surface area contributed by atoms with Gasteiger partial charge in [0.25, 0.3) is 0 Å².